The Morgan fingerprint density at radius 3 is 2.47 bits per heavy atom. The SMILES string of the molecule is CC(C)(COCCCCCOCc1ccc(Cn2cc(C=O)cn2)nn1)c1cc2cc(NC(=O)C3(c4ccc5c(c4)OC(F)(F)O5)CC3)c(F)cc2n1CC(O)CO. The van der Waals surface area contributed by atoms with Gasteiger partial charge >= 0.3 is 6.29 Å². The van der Waals surface area contributed by atoms with Gasteiger partial charge in [-0.15, -0.1) is 8.78 Å². The Bertz CT molecular complexity index is 2260. The monoisotopic (exact) mass is 806 g/mol. The molecule has 1 fully saturated rings. The molecule has 0 saturated heterocycles. The predicted octanol–water partition coefficient (Wildman–Crippen LogP) is 5.65. The zero-order chi connectivity index (χ0) is 41.1. The molecule has 5 aromatic rings. The zero-order valence-electron chi connectivity index (χ0n) is 32.1. The summed E-state index contributed by atoms with van der Waals surface area (Å²) in [4.78, 5) is 24.4. The Kier molecular flexibility index (Phi) is 11.9. The molecular formula is C41H45F3N6O8. The van der Waals surface area contributed by atoms with Crippen LogP contribution in [0.1, 0.15) is 79.0 Å². The number of aliphatic hydroxyl groups is 2. The van der Waals surface area contributed by atoms with Crippen LogP contribution in [0.25, 0.3) is 10.9 Å². The second-order valence-corrected chi connectivity index (χ2v) is 15.4. The van der Waals surface area contributed by atoms with Gasteiger partial charge in [-0.3, -0.25) is 14.3 Å². The fourth-order valence-corrected chi connectivity index (χ4v) is 7.07. The average molecular weight is 807 g/mol. The number of carbonyl (C=O) groups is 2. The van der Waals surface area contributed by atoms with E-state index in [4.69, 9.17) is 9.47 Å². The third-order valence-corrected chi connectivity index (χ3v) is 10.4. The van der Waals surface area contributed by atoms with Gasteiger partial charge in [0.1, 0.15) is 5.82 Å². The van der Waals surface area contributed by atoms with Crippen LogP contribution in [0, 0.1) is 5.82 Å². The molecule has 7 rings (SSSR count). The van der Waals surface area contributed by atoms with Crippen LogP contribution >= 0.6 is 0 Å². The summed E-state index contributed by atoms with van der Waals surface area (Å²) < 4.78 is 67.3. The van der Waals surface area contributed by atoms with Gasteiger partial charge in [-0.2, -0.15) is 15.3 Å². The van der Waals surface area contributed by atoms with Crippen LogP contribution in [-0.2, 0) is 44.8 Å². The minimum atomic E-state index is -3.79. The lowest BCUT2D eigenvalue weighted by Crippen LogP contribution is -2.30. The van der Waals surface area contributed by atoms with Crippen molar-refractivity contribution in [2.24, 2.45) is 0 Å². The van der Waals surface area contributed by atoms with Gasteiger partial charge in [-0.05, 0) is 74.1 Å². The van der Waals surface area contributed by atoms with Crippen molar-refractivity contribution in [3.8, 4) is 11.5 Å². The van der Waals surface area contributed by atoms with Gasteiger partial charge in [-0.25, -0.2) is 4.39 Å². The summed E-state index contributed by atoms with van der Waals surface area (Å²) >= 11 is 0. The van der Waals surface area contributed by atoms with Crippen LogP contribution in [-0.4, -0.2) is 85.8 Å². The summed E-state index contributed by atoms with van der Waals surface area (Å²) in [6.45, 7) is 5.56. The van der Waals surface area contributed by atoms with Gasteiger partial charge < -0.3 is 39.0 Å². The number of nitrogens with one attached hydrogen (secondary N) is 1. The van der Waals surface area contributed by atoms with Gasteiger partial charge in [-0.1, -0.05) is 19.9 Å². The van der Waals surface area contributed by atoms with E-state index in [1.165, 1.54) is 36.5 Å². The van der Waals surface area contributed by atoms with E-state index in [1.54, 1.807) is 15.4 Å². The summed E-state index contributed by atoms with van der Waals surface area (Å²) in [5.74, 6) is -1.48. The van der Waals surface area contributed by atoms with Crippen molar-refractivity contribution >= 4 is 28.8 Å². The van der Waals surface area contributed by atoms with Gasteiger partial charge in [0.25, 0.3) is 0 Å². The highest BCUT2D eigenvalue weighted by atomic mass is 19.3. The lowest BCUT2D eigenvalue weighted by atomic mass is 9.90. The second kappa shape index (κ2) is 16.9. The highest BCUT2D eigenvalue weighted by Crippen LogP contribution is 2.52. The number of amides is 1. The van der Waals surface area contributed by atoms with E-state index in [0.29, 0.717) is 79.2 Å². The van der Waals surface area contributed by atoms with E-state index in [1.807, 2.05) is 32.0 Å². The van der Waals surface area contributed by atoms with E-state index >= 15 is 4.39 Å². The Morgan fingerprint density at radius 2 is 1.76 bits per heavy atom. The molecule has 0 spiro atoms. The molecule has 3 aromatic heterocycles. The molecule has 4 heterocycles. The number of alkyl halides is 2. The lowest BCUT2D eigenvalue weighted by Gasteiger charge is -2.27. The maximum Gasteiger partial charge on any atom is 0.586 e. The first kappa shape index (κ1) is 40.8. The maximum atomic E-state index is 15.7. The summed E-state index contributed by atoms with van der Waals surface area (Å²) in [7, 11) is 0. The molecule has 2 aliphatic rings. The van der Waals surface area contributed by atoms with E-state index in [9.17, 15) is 28.6 Å². The fourth-order valence-electron chi connectivity index (χ4n) is 7.07. The van der Waals surface area contributed by atoms with Crippen molar-refractivity contribution in [3.05, 3.63) is 95.0 Å². The zero-order valence-corrected chi connectivity index (χ0v) is 32.1. The molecular weight excluding hydrogens is 761 g/mol. The number of benzene rings is 2. The molecule has 0 radical (unpaired) electrons. The van der Waals surface area contributed by atoms with Crippen LogP contribution in [0.15, 0.2) is 60.9 Å². The van der Waals surface area contributed by atoms with Gasteiger partial charge in [0.05, 0.1) is 78.8 Å². The Hall–Kier alpha value is -5.36. The number of hydrogen-bond acceptors (Lipinski definition) is 11. The quantitative estimate of drug-likeness (QED) is 0.0656. The van der Waals surface area contributed by atoms with Crippen molar-refractivity contribution in [2.75, 3.05) is 31.7 Å². The number of fused-ring (bicyclic) bond motifs is 2. The number of aldehydes is 1. The number of nitrogens with zero attached hydrogens (tertiary/aromatic N) is 5. The van der Waals surface area contributed by atoms with Gasteiger partial charge in [0, 0.05) is 42.0 Å². The number of ether oxygens (including phenoxy) is 4. The van der Waals surface area contributed by atoms with Crippen molar-refractivity contribution in [1.29, 1.82) is 0 Å². The number of rotatable bonds is 20. The molecule has 1 atom stereocenters. The highest BCUT2D eigenvalue weighted by molar-refractivity contribution is 6.03. The van der Waals surface area contributed by atoms with Crippen molar-refractivity contribution in [2.45, 2.75) is 88.9 Å². The molecule has 0 bridgehead atoms. The average Bonchev–Trinajstić information content (AvgIpc) is 3.61. The van der Waals surface area contributed by atoms with Crippen LogP contribution < -0.4 is 14.8 Å². The summed E-state index contributed by atoms with van der Waals surface area (Å²) in [5.41, 5.74) is 1.90. The topological polar surface area (TPSA) is 172 Å². The normalized spacial score (nSPS) is 15.8. The number of carbonyl (C=O) groups excluding carboxylic acids is 2. The maximum absolute atomic E-state index is 15.7. The van der Waals surface area contributed by atoms with E-state index in [0.717, 1.165) is 31.2 Å². The molecule has 1 aliphatic heterocycles. The number of unbranched alkanes of at least 4 members (excludes halogenated alkanes) is 2. The van der Waals surface area contributed by atoms with Crippen molar-refractivity contribution in [3.63, 3.8) is 0 Å². The van der Waals surface area contributed by atoms with Gasteiger partial charge in [0.15, 0.2) is 17.8 Å². The molecule has 17 heteroatoms. The molecule has 14 nitrogen and oxygen atoms in total. The molecule has 308 valence electrons. The minimum Gasteiger partial charge on any atom is -0.395 e. The fraction of sp³-hybridized carbons (Fsp3) is 0.439. The molecule has 1 saturated carbocycles. The van der Waals surface area contributed by atoms with Crippen LogP contribution in [0.3, 0.4) is 0 Å². The van der Waals surface area contributed by atoms with Crippen molar-refractivity contribution < 1.29 is 51.9 Å². The van der Waals surface area contributed by atoms with Crippen LogP contribution in [0.4, 0.5) is 18.9 Å². The second-order valence-electron chi connectivity index (χ2n) is 15.4. The first-order valence-electron chi connectivity index (χ1n) is 19.1. The smallest absolute Gasteiger partial charge is 0.395 e. The number of halogens is 3. The Balaban J connectivity index is 0.910. The van der Waals surface area contributed by atoms with E-state index < -0.39 is 41.6 Å². The third-order valence-electron chi connectivity index (χ3n) is 10.4. The lowest BCUT2D eigenvalue weighted by molar-refractivity contribution is -0.286. The third kappa shape index (κ3) is 9.17. The first-order chi connectivity index (χ1) is 27.8. The highest BCUT2D eigenvalue weighted by Gasteiger charge is 2.53. The number of hydrogen-bond donors (Lipinski definition) is 3. The Labute approximate surface area is 331 Å². The molecule has 58 heavy (non-hydrogen) atoms. The molecule has 1 amide bonds. The standard InChI is InChI=1S/C41H45F3N6O8/c1-39(2,25-56-13-5-3-4-12-55-24-30-8-7-29(47-48-30)20-49-19-26(22-51)18-45-49)37-15-27-14-33(32(42)17-34(27)50(37)21-31(53)23-52)46-38(54)40(10-11-40)28-6-9-35-36(16-28)58-41(43,44)57-35/h6-9,14-19,22,31,52-53H,3-5,10-13,20-21,23-25H2,1-2H3,(H,46,54). The number of anilines is 1. The van der Waals surface area contributed by atoms with Crippen LogP contribution in [0.5, 0.6) is 11.5 Å². The van der Waals surface area contributed by atoms with Gasteiger partial charge in [0.2, 0.25) is 5.91 Å². The summed E-state index contributed by atoms with van der Waals surface area (Å²) in [6, 6.07) is 12.6. The summed E-state index contributed by atoms with van der Waals surface area (Å²) in [5, 5.41) is 35.9. The number of aliphatic hydroxyl groups excluding tert-OH is 2. The van der Waals surface area contributed by atoms with Crippen LogP contribution in [0.2, 0.25) is 0 Å². The molecule has 1 aliphatic carbocycles. The predicted molar refractivity (Wildman–Crippen MR) is 203 cm³/mol. The van der Waals surface area contributed by atoms with Crippen molar-refractivity contribution in [1.82, 2.24) is 24.5 Å². The minimum absolute atomic E-state index is 0.000422. The molecule has 3 N–H and O–H groups in total. The number of aromatic nitrogens is 5. The van der Waals surface area contributed by atoms with E-state index in [2.05, 4.69) is 30.1 Å². The first-order valence-corrected chi connectivity index (χ1v) is 19.1. The Morgan fingerprint density at radius 1 is 1.02 bits per heavy atom. The van der Waals surface area contributed by atoms with E-state index in [-0.39, 0.29) is 23.7 Å². The summed E-state index contributed by atoms with van der Waals surface area (Å²) in [6.07, 6.45) is 2.35. The molecule has 2 aromatic carbocycles. The largest absolute Gasteiger partial charge is 0.586 e. The molecule has 1 unspecified atom stereocenters.